The number of hydrogen-bond donors (Lipinski definition) is 1. The first kappa shape index (κ1) is 10.6. The first-order valence-corrected chi connectivity index (χ1v) is 5.66. The number of furan rings is 1. The summed E-state index contributed by atoms with van der Waals surface area (Å²) < 4.78 is 5.77. The highest BCUT2D eigenvalue weighted by Gasteiger charge is 2.06. The summed E-state index contributed by atoms with van der Waals surface area (Å²) >= 11 is 0. The molecule has 18 heavy (non-hydrogen) atoms. The minimum Gasteiger partial charge on any atom is -0.456 e. The van der Waals surface area contributed by atoms with Gasteiger partial charge in [-0.15, -0.1) is 0 Å². The molecule has 3 nitrogen and oxygen atoms in total. The van der Waals surface area contributed by atoms with E-state index >= 15 is 0 Å². The van der Waals surface area contributed by atoms with Crippen molar-refractivity contribution in [2.24, 2.45) is 0 Å². The van der Waals surface area contributed by atoms with Gasteiger partial charge in [-0.25, -0.2) is 0 Å². The number of fused-ring (bicyclic) bond motifs is 1. The first-order chi connectivity index (χ1) is 8.86. The highest BCUT2D eigenvalue weighted by molar-refractivity contribution is 5.87. The van der Waals surface area contributed by atoms with Crippen LogP contribution in [0.25, 0.3) is 22.3 Å². The molecule has 3 heteroatoms. The van der Waals surface area contributed by atoms with Crippen molar-refractivity contribution >= 4 is 23.1 Å². The van der Waals surface area contributed by atoms with Gasteiger partial charge in [0, 0.05) is 16.6 Å². The van der Waals surface area contributed by atoms with E-state index in [1.807, 2.05) is 54.6 Å². The van der Waals surface area contributed by atoms with Crippen molar-refractivity contribution in [1.82, 2.24) is 0 Å². The molecular formula is C15H11NO2. The largest absolute Gasteiger partial charge is 0.456 e. The third-order valence-electron chi connectivity index (χ3n) is 2.80. The van der Waals surface area contributed by atoms with Gasteiger partial charge in [0.05, 0.1) is 0 Å². The number of carbonyl (C=O) groups is 1. The Labute approximate surface area is 104 Å². The highest BCUT2D eigenvalue weighted by atomic mass is 16.3. The van der Waals surface area contributed by atoms with Gasteiger partial charge in [-0.3, -0.25) is 4.79 Å². The first-order valence-electron chi connectivity index (χ1n) is 5.66. The number of rotatable bonds is 3. The quantitative estimate of drug-likeness (QED) is 0.706. The van der Waals surface area contributed by atoms with Gasteiger partial charge in [-0.05, 0) is 24.3 Å². The Hall–Kier alpha value is -2.55. The number of anilines is 1. The zero-order valence-electron chi connectivity index (χ0n) is 9.59. The molecule has 0 unspecified atom stereocenters. The van der Waals surface area contributed by atoms with Crippen molar-refractivity contribution in [2.75, 3.05) is 5.32 Å². The van der Waals surface area contributed by atoms with Crippen LogP contribution in [0.15, 0.2) is 59.0 Å². The summed E-state index contributed by atoms with van der Waals surface area (Å²) in [5.41, 5.74) is 2.61. The number of carbonyl (C=O) groups excluding carboxylic acids is 1. The van der Waals surface area contributed by atoms with Crippen LogP contribution >= 0.6 is 0 Å². The minimum absolute atomic E-state index is 0.666. The van der Waals surface area contributed by atoms with Crippen molar-refractivity contribution in [3.05, 3.63) is 54.6 Å². The number of hydrogen-bond acceptors (Lipinski definition) is 2. The lowest BCUT2D eigenvalue weighted by Gasteiger charge is -1.96. The van der Waals surface area contributed by atoms with Gasteiger partial charge in [0.25, 0.3) is 0 Å². The van der Waals surface area contributed by atoms with Crippen LogP contribution in [0.1, 0.15) is 0 Å². The van der Waals surface area contributed by atoms with E-state index in [0.29, 0.717) is 6.41 Å². The maximum Gasteiger partial charge on any atom is 0.211 e. The van der Waals surface area contributed by atoms with Crippen LogP contribution in [0.4, 0.5) is 5.69 Å². The highest BCUT2D eigenvalue weighted by Crippen LogP contribution is 2.29. The van der Waals surface area contributed by atoms with Crippen molar-refractivity contribution in [1.29, 1.82) is 0 Å². The predicted octanol–water partition coefficient (Wildman–Crippen LogP) is 3.67. The van der Waals surface area contributed by atoms with Crippen molar-refractivity contribution in [2.45, 2.75) is 0 Å². The summed E-state index contributed by atoms with van der Waals surface area (Å²) in [7, 11) is 0. The number of benzene rings is 2. The smallest absolute Gasteiger partial charge is 0.211 e. The summed E-state index contributed by atoms with van der Waals surface area (Å²) in [6.07, 6.45) is 0.666. The fourth-order valence-electron chi connectivity index (χ4n) is 1.95. The Morgan fingerprint density at radius 2 is 1.83 bits per heavy atom. The van der Waals surface area contributed by atoms with E-state index in [-0.39, 0.29) is 0 Å². The van der Waals surface area contributed by atoms with Crippen LogP contribution in [0.5, 0.6) is 0 Å². The summed E-state index contributed by atoms with van der Waals surface area (Å²) in [5, 5.41) is 3.60. The number of amides is 1. The molecule has 0 aliphatic carbocycles. The van der Waals surface area contributed by atoms with Gasteiger partial charge in [0.1, 0.15) is 11.3 Å². The summed E-state index contributed by atoms with van der Waals surface area (Å²) in [6, 6.07) is 17.5. The minimum atomic E-state index is 0.666. The molecule has 0 saturated heterocycles. The third-order valence-corrected chi connectivity index (χ3v) is 2.80. The van der Waals surface area contributed by atoms with Gasteiger partial charge in [-0.1, -0.05) is 30.3 Å². The second kappa shape index (κ2) is 4.37. The van der Waals surface area contributed by atoms with Crippen LogP contribution in [0.3, 0.4) is 0 Å². The molecule has 0 spiro atoms. The number of nitrogens with one attached hydrogen (secondary N) is 1. The lowest BCUT2D eigenvalue weighted by atomic mass is 10.1. The van der Waals surface area contributed by atoms with Crippen LogP contribution in [-0.4, -0.2) is 6.41 Å². The Morgan fingerprint density at radius 1 is 1.00 bits per heavy atom. The van der Waals surface area contributed by atoms with E-state index in [1.54, 1.807) is 0 Å². The predicted molar refractivity (Wildman–Crippen MR) is 71.3 cm³/mol. The van der Waals surface area contributed by atoms with Gasteiger partial charge in [-0.2, -0.15) is 0 Å². The molecule has 2 aromatic carbocycles. The molecule has 0 saturated carbocycles. The standard InChI is InChI=1S/C15H11NO2/c17-10-16-13-6-7-14-12(8-13)9-15(18-14)11-4-2-1-3-5-11/h1-10H,(H,16,17). The maximum absolute atomic E-state index is 10.4. The van der Waals surface area contributed by atoms with Crippen molar-refractivity contribution in [3.63, 3.8) is 0 Å². The van der Waals surface area contributed by atoms with Crippen LogP contribution in [0.2, 0.25) is 0 Å². The summed E-state index contributed by atoms with van der Waals surface area (Å²) in [5.74, 6) is 0.828. The molecule has 0 fully saturated rings. The molecule has 0 atom stereocenters. The van der Waals surface area contributed by atoms with Crippen molar-refractivity contribution < 1.29 is 9.21 Å². The molecule has 3 rings (SSSR count). The molecule has 0 aliphatic heterocycles. The van der Waals surface area contributed by atoms with Gasteiger partial charge in [0.15, 0.2) is 0 Å². The van der Waals surface area contributed by atoms with Gasteiger partial charge >= 0.3 is 0 Å². The zero-order valence-corrected chi connectivity index (χ0v) is 9.59. The summed E-state index contributed by atoms with van der Waals surface area (Å²) in [4.78, 5) is 10.4. The van der Waals surface area contributed by atoms with E-state index in [0.717, 1.165) is 28.0 Å². The Balaban J connectivity index is 2.08. The lowest BCUT2D eigenvalue weighted by molar-refractivity contribution is -0.105. The summed E-state index contributed by atoms with van der Waals surface area (Å²) in [6.45, 7) is 0. The van der Waals surface area contributed by atoms with E-state index in [9.17, 15) is 4.79 Å². The van der Waals surface area contributed by atoms with Crippen molar-refractivity contribution in [3.8, 4) is 11.3 Å². The Morgan fingerprint density at radius 3 is 2.61 bits per heavy atom. The molecule has 0 aliphatic rings. The lowest BCUT2D eigenvalue weighted by Crippen LogP contribution is -1.92. The molecule has 0 radical (unpaired) electrons. The fraction of sp³-hybridized carbons (Fsp3) is 0. The van der Waals surface area contributed by atoms with E-state index in [1.165, 1.54) is 0 Å². The maximum atomic E-state index is 10.4. The molecule has 1 amide bonds. The second-order valence-electron chi connectivity index (χ2n) is 3.99. The average Bonchev–Trinajstić information content (AvgIpc) is 2.83. The molecular weight excluding hydrogens is 226 g/mol. The average molecular weight is 237 g/mol. The Bertz CT molecular complexity index is 686. The van der Waals surface area contributed by atoms with Crippen LogP contribution in [0, 0.1) is 0 Å². The molecule has 1 heterocycles. The molecule has 0 bridgehead atoms. The second-order valence-corrected chi connectivity index (χ2v) is 3.99. The van der Waals surface area contributed by atoms with Gasteiger partial charge < -0.3 is 9.73 Å². The van der Waals surface area contributed by atoms with Crippen LogP contribution < -0.4 is 5.32 Å². The van der Waals surface area contributed by atoms with E-state index in [4.69, 9.17) is 4.42 Å². The topological polar surface area (TPSA) is 42.2 Å². The zero-order chi connectivity index (χ0) is 12.4. The van der Waals surface area contributed by atoms with E-state index in [2.05, 4.69) is 5.32 Å². The molecule has 1 aromatic heterocycles. The SMILES string of the molecule is O=CNc1ccc2oc(-c3ccccc3)cc2c1. The fourth-order valence-corrected chi connectivity index (χ4v) is 1.95. The monoisotopic (exact) mass is 237 g/mol. The van der Waals surface area contributed by atoms with E-state index < -0.39 is 0 Å². The molecule has 88 valence electrons. The normalized spacial score (nSPS) is 10.4. The third kappa shape index (κ3) is 1.86. The van der Waals surface area contributed by atoms with Crippen LogP contribution in [-0.2, 0) is 4.79 Å². The molecule has 3 aromatic rings. The molecule has 1 N–H and O–H groups in total. The Kier molecular flexibility index (Phi) is 2.57. The van der Waals surface area contributed by atoms with Gasteiger partial charge in [0.2, 0.25) is 6.41 Å².